The van der Waals surface area contributed by atoms with Gasteiger partial charge in [-0.2, -0.15) is 0 Å². The van der Waals surface area contributed by atoms with Crippen molar-refractivity contribution in [3.8, 4) is 0 Å². The van der Waals surface area contributed by atoms with Crippen molar-refractivity contribution in [2.75, 3.05) is 13.6 Å². The third kappa shape index (κ3) is 4.13. The fourth-order valence-electron chi connectivity index (χ4n) is 1.88. The van der Waals surface area contributed by atoms with Gasteiger partial charge < -0.3 is 0 Å². The molecular formula is C15H22N2O3. The Kier molecular flexibility index (Phi) is 5.00. The number of Topliss-reactive ketones (excluding diaryl/α,β-unsaturated/α-hetero) is 1. The van der Waals surface area contributed by atoms with Gasteiger partial charge in [0.05, 0.1) is 11.5 Å². The Labute approximate surface area is 119 Å². The zero-order chi connectivity index (χ0) is 15.5. The summed E-state index contributed by atoms with van der Waals surface area (Å²) >= 11 is 0. The maximum atomic E-state index is 12.2. The zero-order valence-electron chi connectivity index (χ0n) is 12.7. The van der Waals surface area contributed by atoms with Crippen LogP contribution in [0.5, 0.6) is 0 Å². The van der Waals surface area contributed by atoms with Crippen LogP contribution in [0.3, 0.4) is 0 Å². The first-order valence-electron chi connectivity index (χ1n) is 6.61. The normalized spacial score (nSPS) is 13.3. The molecule has 110 valence electrons. The van der Waals surface area contributed by atoms with Crippen LogP contribution < -0.4 is 0 Å². The van der Waals surface area contributed by atoms with Gasteiger partial charge in [-0.3, -0.25) is 19.8 Å². The molecule has 0 amide bonds. The second-order valence-electron chi connectivity index (χ2n) is 6.18. The van der Waals surface area contributed by atoms with Gasteiger partial charge in [0.15, 0.2) is 5.78 Å². The van der Waals surface area contributed by atoms with Crippen molar-refractivity contribution >= 4 is 11.5 Å². The van der Waals surface area contributed by atoms with E-state index in [0.717, 1.165) is 0 Å². The molecule has 0 saturated carbocycles. The fraction of sp³-hybridized carbons (Fsp3) is 0.533. The number of non-ortho nitro benzene ring substituents is 1. The third-order valence-corrected chi connectivity index (χ3v) is 3.71. The van der Waals surface area contributed by atoms with Crippen molar-refractivity contribution in [1.82, 2.24) is 4.90 Å². The standard InChI is InChI=1S/C15H22N2O3/c1-11(15(2,3)4)16(5)10-14(18)12-6-8-13(9-7-12)17(19)20/h6-9,11H,10H2,1-5H3. The lowest BCUT2D eigenvalue weighted by Gasteiger charge is -2.34. The van der Waals surface area contributed by atoms with Gasteiger partial charge in [-0.05, 0) is 31.5 Å². The highest BCUT2D eigenvalue weighted by Gasteiger charge is 2.25. The van der Waals surface area contributed by atoms with Crippen LogP contribution >= 0.6 is 0 Å². The summed E-state index contributed by atoms with van der Waals surface area (Å²) in [6.07, 6.45) is 0. The second kappa shape index (κ2) is 6.13. The summed E-state index contributed by atoms with van der Waals surface area (Å²) in [5.74, 6) is -0.0292. The quantitative estimate of drug-likeness (QED) is 0.471. The number of hydrogen-bond acceptors (Lipinski definition) is 4. The first kappa shape index (κ1) is 16.3. The largest absolute Gasteiger partial charge is 0.296 e. The Hall–Kier alpha value is -1.75. The van der Waals surface area contributed by atoms with E-state index in [-0.39, 0.29) is 22.9 Å². The number of ketones is 1. The molecule has 20 heavy (non-hydrogen) atoms. The maximum absolute atomic E-state index is 12.2. The van der Waals surface area contributed by atoms with E-state index < -0.39 is 4.92 Å². The average Bonchev–Trinajstić information content (AvgIpc) is 2.36. The number of carbonyl (C=O) groups excluding carboxylic acids is 1. The minimum Gasteiger partial charge on any atom is -0.296 e. The van der Waals surface area contributed by atoms with Gasteiger partial charge in [-0.15, -0.1) is 0 Å². The predicted octanol–water partition coefficient (Wildman–Crippen LogP) is 3.14. The lowest BCUT2D eigenvalue weighted by atomic mass is 9.87. The fourth-order valence-corrected chi connectivity index (χ4v) is 1.88. The summed E-state index contributed by atoms with van der Waals surface area (Å²) < 4.78 is 0. The summed E-state index contributed by atoms with van der Waals surface area (Å²) in [5.41, 5.74) is 0.589. The molecule has 0 aliphatic heterocycles. The number of carbonyl (C=O) groups is 1. The first-order chi connectivity index (χ1) is 9.12. The summed E-state index contributed by atoms with van der Waals surface area (Å²) in [7, 11) is 1.92. The molecule has 0 aromatic heterocycles. The SMILES string of the molecule is CC(N(C)CC(=O)c1ccc([N+](=O)[O-])cc1)C(C)(C)C. The first-order valence-corrected chi connectivity index (χ1v) is 6.61. The number of nitro benzene ring substituents is 1. The van der Waals surface area contributed by atoms with Gasteiger partial charge in [0.1, 0.15) is 0 Å². The van der Waals surface area contributed by atoms with E-state index in [1.165, 1.54) is 24.3 Å². The van der Waals surface area contributed by atoms with Gasteiger partial charge in [-0.1, -0.05) is 20.8 Å². The Morgan fingerprint density at radius 3 is 2.20 bits per heavy atom. The minimum absolute atomic E-state index is 0.00189. The molecule has 0 spiro atoms. The van der Waals surface area contributed by atoms with Crippen LogP contribution in [0.4, 0.5) is 5.69 Å². The number of likely N-dealkylation sites (N-methyl/N-ethyl adjacent to an activating group) is 1. The van der Waals surface area contributed by atoms with E-state index in [1.54, 1.807) is 0 Å². The molecule has 5 heteroatoms. The lowest BCUT2D eigenvalue weighted by Crippen LogP contribution is -2.41. The van der Waals surface area contributed by atoms with Gasteiger partial charge >= 0.3 is 0 Å². The monoisotopic (exact) mass is 278 g/mol. The van der Waals surface area contributed by atoms with Gasteiger partial charge in [-0.25, -0.2) is 0 Å². The molecule has 0 fully saturated rings. The number of hydrogen-bond donors (Lipinski definition) is 0. The molecule has 0 saturated heterocycles. The number of nitrogens with zero attached hydrogens (tertiary/aromatic N) is 2. The van der Waals surface area contributed by atoms with Crippen molar-refractivity contribution < 1.29 is 9.72 Å². The van der Waals surface area contributed by atoms with Gasteiger partial charge in [0, 0.05) is 23.7 Å². The summed E-state index contributed by atoms with van der Waals surface area (Å²) in [6.45, 7) is 8.78. The minimum atomic E-state index is -0.470. The second-order valence-corrected chi connectivity index (χ2v) is 6.18. The topological polar surface area (TPSA) is 63.5 Å². The Morgan fingerprint density at radius 1 is 1.30 bits per heavy atom. The molecule has 0 aliphatic rings. The smallest absolute Gasteiger partial charge is 0.269 e. The van der Waals surface area contributed by atoms with E-state index in [4.69, 9.17) is 0 Å². The predicted molar refractivity (Wildman–Crippen MR) is 79.0 cm³/mol. The molecule has 0 bridgehead atoms. The molecule has 0 heterocycles. The van der Waals surface area contributed by atoms with E-state index in [9.17, 15) is 14.9 Å². The van der Waals surface area contributed by atoms with Crippen molar-refractivity contribution in [3.63, 3.8) is 0 Å². The lowest BCUT2D eigenvalue weighted by molar-refractivity contribution is -0.384. The van der Waals surface area contributed by atoms with Crippen LogP contribution in [-0.4, -0.2) is 35.2 Å². The Morgan fingerprint density at radius 2 is 1.80 bits per heavy atom. The van der Waals surface area contributed by atoms with E-state index >= 15 is 0 Å². The van der Waals surface area contributed by atoms with Crippen molar-refractivity contribution in [3.05, 3.63) is 39.9 Å². The zero-order valence-corrected chi connectivity index (χ0v) is 12.7. The van der Waals surface area contributed by atoms with Gasteiger partial charge in [0.2, 0.25) is 0 Å². The molecule has 1 unspecified atom stereocenters. The molecule has 1 rings (SSSR count). The molecule has 0 N–H and O–H groups in total. The van der Waals surface area contributed by atoms with Crippen LogP contribution in [0.2, 0.25) is 0 Å². The molecule has 0 radical (unpaired) electrons. The highest BCUT2D eigenvalue weighted by atomic mass is 16.6. The molecule has 1 atom stereocenters. The third-order valence-electron chi connectivity index (χ3n) is 3.71. The van der Waals surface area contributed by atoms with Gasteiger partial charge in [0.25, 0.3) is 5.69 Å². The van der Waals surface area contributed by atoms with Crippen molar-refractivity contribution in [2.45, 2.75) is 33.7 Å². The summed E-state index contributed by atoms with van der Waals surface area (Å²) in [4.78, 5) is 24.3. The van der Waals surface area contributed by atoms with E-state index in [1.807, 2.05) is 11.9 Å². The van der Waals surface area contributed by atoms with Crippen LogP contribution in [-0.2, 0) is 0 Å². The van der Waals surface area contributed by atoms with Crippen LogP contribution in [0.15, 0.2) is 24.3 Å². The number of nitro groups is 1. The molecular weight excluding hydrogens is 256 g/mol. The Balaban J connectivity index is 2.74. The molecule has 1 aromatic rings. The maximum Gasteiger partial charge on any atom is 0.269 e. The molecule has 5 nitrogen and oxygen atoms in total. The average molecular weight is 278 g/mol. The van der Waals surface area contributed by atoms with Crippen molar-refractivity contribution in [2.24, 2.45) is 5.41 Å². The van der Waals surface area contributed by atoms with Crippen LogP contribution in [0.25, 0.3) is 0 Å². The van der Waals surface area contributed by atoms with Crippen molar-refractivity contribution in [1.29, 1.82) is 0 Å². The highest BCUT2D eigenvalue weighted by molar-refractivity contribution is 5.97. The number of rotatable bonds is 5. The molecule has 0 aliphatic carbocycles. The highest BCUT2D eigenvalue weighted by Crippen LogP contribution is 2.23. The van der Waals surface area contributed by atoms with E-state index in [2.05, 4.69) is 27.7 Å². The van der Waals surface area contributed by atoms with Crippen LogP contribution in [0, 0.1) is 15.5 Å². The van der Waals surface area contributed by atoms with E-state index in [0.29, 0.717) is 12.1 Å². The Bertz CT molecular complexity index is 489. The number of benzene rings is 1. The molecule has 1 aromatic carbocycles. The van der Waals surface area contributed by atoms with Crippen LogP contribution in [0.1, 0.15) is 38.1 Å². The summed E-state index contributed by atoms with van der Waals surface area (Å²) in [5, 5.41) is 10.6. The summed E-state index contributed by atoms with van der Waals surface area (Å²) in [6, 6.07) is 6.00.